The number of nitrogens with one attached hydrogen (secondary N) is 1. The number of hydrogen-bond donors (Lipinski definition) is 1. The number of tetrazole rings is 1. The Kier molecular flexibility index (Phi) is 5.58. The summed E-state index contributed by atoms with van der Waals surface area (Å²) in [5.41, 5.74) is 1.81. The molecule has 1 atom stereocenters. The van der Waals surface area contributed by atoms with Gasteiger partial charge in [0.15, 0.2) is 0 Å². The quantitative estimate of drug-likeness (QED) is 0.583. The number of esters is 1. The van der Waals surface area contributed by atoms with Crippen molar-refractivity contribution in [3.8, 4) is 11.5 Å². The van der Waals surface area contributed by atoms with Crippen LogP contribution >= 0.6 is 0 Å². The summed E-state index contributed by atoms with van der Waals surface area (Å²) in [5.74, 6) is 1.25. The van der Waals surface area contributed by atoms with Crippen molar-refractivity contribution in [2.45, 2.75) is 32.7 Å². The molecule has 1 N–H and O–H groups in total. The van der Waals surface area contributed by atoms with E-state index in [0.717, 1.165) is 18.4 Å². The van der Waals surface area contributed by atoms with Gasteiger partial charge < -0.3 is 19.5 Å². The standard InChI is InChI=1S/C18H23N5O4/c1-5-6-9-27-17(24)15-11(2)19-18-20-21-22-23(18)16(15)13-8-7-12(25-3)10-14(13)26-4/h7-8,10,16H,5-6,9H2,1-4H3,(H,19,20,22)/t16-/m1/s1. The molecule has 0 spiro atoms. The molecule has 1 aromatic heterocycles. The summed E-state index contributed by atoms with van der Waals surface area (Å²) >= 11 is 0. The van der Waals surface area contributed by atoms with E-state index in [1.807, 2.05) is 13.0 Å². The second-order valence-electron chi connectivity index (χ2n) is 6.11. The van der Waals surface area contributed by atoms with E-state index in [-0.39, 0.29) is 0 Å². The molecule has 0 saturated heterocycles. The lowest BCUT2D eigenvalue weighted by Crippen LogP contribution is -2.30. The van der Waals surface area contributed by atoms with Gasteiger partial charge >= 0.3 is 5.97 Å². The number of rotatable bonds is 7. The van der Waals surface area contributed by atoms with Crippen LogP contribution in [0, 0.1) is 0 Å². The minimum Gasteiger partial charge on any atom is -0.497 e. The van der Waals surface area contributed by atoms with Crippen LogP contribution in [-0.4, -0.2) is 47.0 Å². The fraction of sp³-hybridized carbons (Fsp3) is 0.444. The zero-order chi connectivity index (χ0) is 19.4. The summed E-state index contributed by atoms with van der Waals surface area (Å²) in [5, 5.41) is 14.8. The number of ether oxygens (including phenoxy) is 3. The summed E-state index contributed by atoms with van der Waals surface area (Å²) in [6, 6.07) is 4.83. The van der Waals surface area contributed by atoms with Gasteiger partial charge in [0.2, 0.25) is 5.95 Å². The first kappa shape index (κ1) is 18.7. The third-order valence-electron chi connectivity index (χ3n) is 4.40. The Balaban J connectivity index is 2.08. The number of aromatic nitrogens is 4. The number of methoxy groups -OCH3 is 2. The van der Waals surface area contributed by atoms with Crippen LogP contribution in [0.1, 0.15) is 38.3 Å². The molecule has 9 nitrogen and oxygen atoms in total. The second kappa shape index (κ2) is 8.07. The average molecular weight is 373 g/mol. The smallest absolute Gasteiger partial charge is 0.338 e. The molecule has 1 aromatic carbocycles. The number of anilines is 1. The summed E-state index contributed by atoms with van der Waals surface area (Å²) in [4.78, 5) is 12.9. The lowest BCUT2D eigenvalue weighted by atomic mass is 9.95. The first-order valence-electron chi connectivity index (χ1n) is 8.75. The summed E-state index contributed by atoms with van der Waals surface area (Å²) < 4.78 is 17.8. The van der Waals surface area contributed by atoms with E-state index in [0.29, 0.717) is 35.3 Å². The number of hydrogen-bond acceptors (Lipinski definition) is 8. The molecule has 0 fully saturated rings. The number of nitrogens with zero attached hydrogens (tertiary/aromatic N) is 4. The molecule has 27 heavy (non-hydrogen) atoms. The molecule has 3 rings (SSSR count). The van der Waals surface area contributed by atoms with Crippen molar-refractivity contribution >= 4 is 11.9 Å². The van der Waals surface area contributed by atoms with Crippen LogP contribution in [0.2, 0.25) is 0 Å². The van der Waals surface area contributed by atoms with Crippen LogP contribution < -0.4 is 14.8 Å². The molecule has 2 heterocycles. The van der Waals surface area contributed by atoms with Crippen LogP contribution in [-0.2, 0) is 9.53 Å². The number of benzene rings is 1. The Bertz CT molecular complexity index is 861. The van der Waals surface area contributed by atoms with E-state index in [1.165, 1.54) is 0 Å². The van der Waals surface area contributed by atoms with Crippen LogP contribution in [0.5, 0.6) is 11.5 Å². The van der Waals surface area contributed by atoms with Crippen LogP contribution in [0.4, 0.5) is 5.95 Å². The highest BCUT2D eigenvalue weighted by molar-refractivity contribution is 5.92. The van der Waals surface area contributed by atoms with E-state index < -0.39 is 12.0 Å². The van der Waals surface area contributed by atoms with Crippen molar-refractivity contribution in [2.75, 3.05) is 26.1 Å². The Morgan fingerprint density at radius 3 is 2.81 bits per heavy atom. The molecule has 0 bridgehead atoms. The molecule has 0 amide bonds. The average Bonchev–Trinajstić information content (AvgIpc) is 3.14. The van der Waals surface area contributed by atoms with Gasteiger partial charge in [-0.15, -0.1) is 0 Å². The van der Waals surface area contributed by atoms with Crippen molar-refractivity contribution in [1.82, 2.24) is 20.2 Å². The second-order valence-corrected chi connectivity index (χ2v) is 6.11. The Labute approximate surface area is 157 Å². The first-order chi connectivity index (χ1) is 13.1. The molecule has 0 radical (unpaired) electrons. The Morgan fingerprint density at radius 2 is 2.11 bits per heavy atom. The van der Waals surface area contributed by atoms with Gasteiger partial charge in [-0.2, -0.15) is 4.68 Å². The summed E-state index contributed by atoms with van der Waals surface area (Å²) in [7, 11) is 3.15. The monoisotopic (exact) mass is 373 g/mol. The van der Waals surface area contributed by atoms with E-state index >= 15 is 0 Å². The maximum atomic E-state index is 12.9. The van der Waals surface area contributed by atoms with Gasteiger partial charge in [0, 0.05) is 17.3 Å². The zero-order valence-electron chi connectivity index (χ0n) is 15.9. The van der Waals surface area contributed by atoms with E-state index in [4.69, 9.17) is 14.2 Å². The highest BCUT2D eigenvalue weighted by Gasteiger charge is 2.36. The molecule has 0 saturated carbocycles. The SMILES string of the molecule is CCCCOC(=O)C1=C(C)Nc2nnnn2[C@@H]1c1ccc(OC)cc1OC. The summed E-state index contributed by atoms with van der Waals surface area (Å²) in [6.45, 7) is 4.21. The highest BCUT2D eigenvalue weighted by atomic mass is 16.5. The normalized spacial score (nSPS) is 15.8. The number of carbonyl (C=O) groups excluding carboxylic acids is 1. The van der Waals surface area contributed by atoms with Gasteiger partial charge in [-0.05, 0) is 35.9 Å². The lowest BCUT2D eigenvalue weighted by Gasteiger charge is -2.28. The Morgan fingerprint density at radius 1 is 1.30 bits per heavy atom. The highest BCUT2D eigenvalue weighted by Crippen LogP contribution is 2.40. The van der Waals surface area contributed by atoms with E-state index in [2.05, 4.69) is 20.8 Å². The maximum absolute atomic E-state index is 12.9. The van der Waals surface area contributed by atoms with Crippen LogP contribution in [0.3, 0.4) is 0 Å². The molecule has 9 heteroatoms. The first-order valence-corrected chi connectivity index (χ1v) is 8.75. The van der Waals surface area contributed by atoms with Gasteiger partial charge in [0.1, 0.15) is 17.5 Å². The maximum Gasteiger partial charge on any atom is 0.338 e. The van der Waals surface area contributed by atoms with E-state index in [9.17, 15) is 4.79 Å². The van der Waals surface area contributed by atoms with Crippen molar-refractivity contribution < 1.29 is 19.0 Å². The third kappa shape index (κ3) is 3.57. The predicted octanol–water partition coefficient (Wildman–Crippen LogP) is 2.32. The van der Waals surface area contributed by atoms with Crippen molar-refractivity contribution in [1.29, 1.82) is 0 Å². The number of unbranched alkanes of at least 4 members (excludes halogenated alkanes) is 1. The fourth-order valence-corrected chi connectivity index (χ4v) is 3.00. The number of allylic oxidation sites excluding steroid dienone is 1. The number of fused-ring (bicyclic) bond motifs is 1. The van der Waals surface area contributed by atoms with Gasteiger partial charge in [0.05, 0.1) is 26.4 Å². The molecular formula is C18H23N5O4. The van der Waals surface area contributed by atoms with Crippen molar-refractivity contribution in [3.05, 3.63) is 35.0 Å². The van der Waals surface area contributed by atoms with Gasteiger partial charge in [-0.3, -0.25) is 0 Å². The topological polar surface area (TPSA) is 100 Å². The van der Waals surface area contributed by atoms with Crippen LogP contribution in [0.25, 0.3) is 0 Å². The molecule has 0 aliphatic carbocycles. The van der Waals surface area contributed by atoms with E-state index in [1.54, 1.807) is 38.0 Å². The number of carbonyl (C=O) groups is 1. The van der Waals surface area contributed by atoms with Gasteiger partial charge in [0.25, 0.3) is 0 Å². The minimum atomic E-state index is -0.578. The molecule has 2 aromatic rings. The summed E-state index contributed by atoms with van der Waals surface area (Å²) in [6.07, 6.45) is 1.74. The molecule has 144 valence electrons. The van der Waals surface area contributed by atoms with Crippen molar-refractivity contribution in [3.63, 3.8) is 0 Å². The molecular weight excluding hydrogens is 350 g/mol. The van der Waals surface area contributed by atoms with Gasteiger partial charge in [-0.1, -0.05) is 18.4 Å². The molecule has 0 unspecified atom stereocenters. The Hall–Kier alpha value is -3.10. The lowest BCUT2D eigenvalue weighted by molar-refractivity contribution is -0.139. The van der Waals surface area contributed by atoms with Gasteiger partial charge in [-0.25, -0.2) is 4.79 Å². The van der Waals surface area contributed by atoms with Crippen LogP contribution in [0.15, 0.2) is 29.5 Å². The largest absolute Gasteiger partial charge is 0.497 e. The molecule has 1 aliphatic rings. The van der Waals surface area contributed by atoms with Crippen molar-refractivity contribution in [2.24, 2.45) is 0 Å². The predicted molar refractivity (Wildman–Crippen MR) is 97.7 cm³/mol. The third-order valence-corrected chi connectivity index (χ3v) is 4.40. The molecule has 1 aliphatic heterocycles. The minimum absolute atomic E-state index is 0.362. The zero-order valence-corrected chi connectivity index (χ0v) is 15.9. The fourth-order valence-electron chi connectivity index (χ4n) is 3.00.